The highest BCUT2D eigenvalue weighted by Crippen LogP contribution is 2.29. The van der Waals surface area contributed by atoms with Crippen molar-refractivity contribution in [1.82, 2.24) is 10.2 Å². The Balaban J connectivity index is 1.63. The minimum absolute atomic E-state index is 0.391. The fraction of sp³-hybridized carbons (Fsp3) is 0.125. The van der Waals surface area contributed by atoms with E-state index >= 15 is 0 Å². The molecule has 0 spiro atoms. The fourth-order valence-electron chi connectivity index (χ4n) is 2.01. The van der Waals surface area contributed by atoms with Crippen LogP contribution in [0.5, 0.6) is 0 Å². The number of rotatable bonds is 5. The topological polar surface area (TPSA) is 51.0 Å². The third-order valence-corrected chi connectivity index (χ3v) is 3.91. The zero-order valence-electron chi connectivity index (χ0n) is 11.6. The van der Waals surface area contributed by atoms with E-state index in [1.807, 2.05) is 42.5 Å². The van der Waals surface area contributed by atoms with Crippen molar-refractivity contribution >= 4 is 28.9 Å². The molecule has 0 fully saturated rings. The maximum absolute atomic E-state index is 6.11. The van der Waals surface area contributed by atoms with Crippen LogP contribution in [0.25, 0.3) is 0 Å². The summed E-state index contributed by atoms with van der Waals surface area (Å²) in [5.74, 6) is 1.09. The molecule has 1 N–H and O–H groups in total. The standard InChI is InChI=1S/C16H13Cl2N3O/c17-12-7-4-8-13(16(12)18)19-10-15-21-20-14(22-15)9-11-5-2-1-3-6-11/h1-8,19H,9-10H2. The Morgan fingerprint density at radius 2 is 1.68 bits per heavy atom. The average Bonchev–Trinajstić information content (AvgIpc) is 2.97. The maximum atomic E-state index is 6.11. The third-order valence-electron chi connectivity index (χ3n) is 3.09. The van der Waals surface area contributed by atoms with Crippen molar-refractivity contribution in [2.45, 2.75) is 13.0 Å². The van der Waals surface area contributed by atoms with Gasteiger partial charge in [0, 0.05) is 0 Å². The second-order valence-corrected chi connectivity index (χ2v) is 5.49. The zero-order valence-corrected chi connectivity index (χ0v) is 13.1. The van der Waals surface area contributed by atoms with Crippen LogP contribution in [-0.2, 0) is 13.0 Å². The molecular formula is C16H13Cl2N3O. The summed E-state index contributed by atoms with van der Waals surface area (Å²) in [5.41, 5.74) is 1.86. The summed E-state index contributed by atoms with van der Waals surface area (Å²) in [7, 11) is 0. The second-order valence-electron chi connectivity index (χ2n) is 4.71. The molecule has 3 aromatic rings. The highest BCUT2D eigenvalue weighted by atomic mass is 35.5. The smallest absolute Gasteiger partial charge is 0.235 e. The Morgan fingerprint density at radius 1 is 0.909 bits per heavy atom. The van der Waals surface area contributed by atoms with Crippen LogP contribution in [0.2, 0.25) is 10.0 Å². The molecule has 0 aliphatic rings. The molecule has 1 aromatic heterocycles. The summed E-state index contributed by atoms with van der Waals surface area (Å²) in [6, 6.07) is 15.4. The molecule has 0 saturated carbocycles. The van der Waals surface area contributed by atoms with Gasteiger partial charge in [-0.05, 0) is 17.7 Å². The Kier molecular flexibility index (Phi) is 4.61. The lowest BCUT2D eigenvalue weighted by molar-refractivity contribution is 0.464. The Morgan fingerprint density at radius 3 is 2.50 bits per heavy atom. The van der Waals surface area contributed by atoms with Crippen LogP contribution in [0.4, 0.5) is 5.69 Å². The van der Waals surface area contributed by atoms with Crippen molar-refractivity contribution in [3.05, 3.63) is 75.9 Å². The van der Waals surface area contributed by atoms with Crippen LogP contribution in [0.1, 0.15) is 17.3 Å². The molecule has 6 heteroatoms. The second kappa shape index (κ2) is 6.81. The monoisotopic (exact) mass is 333 g/mol. The van der Waals surface area contributed by atoms with Crippen LogP contribution >= 0.6 is 23.2 Å². The van der Waals surface area contributed by atoms with Gasteiger partial charge >= 0.3 is 0 Å². The van der Waals surface area contributed by atoms with E-state index in [-0.39, 0.29) is 0 Å². The van der Waals surface area contributed by atoms with Gasteiger partial charge in [0.15, 0.2) is 0 Å². The van der Waals surface area contributed by atoms with E-state index in [0.29, 0.717) is 34.8 Å². The Labute approximate surface area is 138 Å². The van der Waals surface area contributed by atoms with E-state index in [9.17, 15) is 0 Å². The minimum Gasteiger partial charge on any atom is -0.423 e. The summed E-state index contributed by atoms with van der Waals surface area (Å²) in [6.45, 7) is 0.391. The normalized spacial score (nSPS) is 10.6. The molecule has 4 nitrogen and oxygen atoms in total. The first-order chi connectivity index (χ1) is 10.7. The lowest BCUT2D eigenvalue weighted by atomic mass is 10.2. The fourth-order valence-corrected chi connectivity index (χ4v) is 2.38. The molecule has 0 bridgehead atoms. The summed E-state index contributed by atoms with van der Waals surface area (Å²) in [6.07, 6.45) is 0.617. The number of hydrogen-bond acceptors (Lipinski definition) is 4. The molecule has 0 unspecified atom stereocenters. The quantitative estimate of drug-likeness (QED) is 0.742. The van der Waals surface area contributed by atoms with E-state index in [1.165, 1.54) is 0 Å². The predicted octanol–water partition coefficient (Wildman–Crippen LogP) is 4.58. The number of nitrogens with one attached hydrogen (secondary N) is 1. The van der Waals surface area contributed by atoms with Gasteiger partial charge in [-0.3, -0.25) is 0 Å². The van der Waals surface area contributed by atoms with Gasteiger partial charge in [0.1, 0.15) is 0 Å². The lowest BCUT2D eigenvalue weighted by Crippen LogP contribution is -2.00. The minimum atomic E-state index is 0.391. The molecule has 0 aliphatic carbocycles. The first-order valence-electron chi connectivity index (χ1n) is 6.75. The van der Waals surface area contributed by atoms with Crippen LogP contribution in [0.15, 0.2) is 52.9 Å². The molecule has 22 heavy (non-hydrogen) atoms. The highest BCUT2D eigenvalue weighted by Gasteiger charge is 2.08. The van der Waals surface area contributed by atoms with E-state index in [4.69, 9.17) is 27.6 Å². The summed E-state index contributed by atoms with van der Waals surface area (Å²) in [5, 5.41) is 12.2. The average molecular weight is 334 g/mol. The van der Waals surface area contributed by atoms with Crippen molar-refractivity contribution < 1.29 is 4.42 Å². The van der Waals surface area contributed by atoms with Gasteiger partial charge in [-0.15, -0.1) is 10.2 Å². The van der Waals surface area contributed by atoms with Gasteiger partial charge in [0.25, 0.3) is 0 Å². The van der Waals surface area contributed by atoms with E-state index < -0.39 is 0 Å². The van der Waals surface area contributed by atoms with E-state index in [1.54, 1.807) is 6.07 Å². The summed E-state index contributed by atoms with van der Waals surface area (Å²) < 4.78 is 5.62. The van der Waals surface area contributed by atoms with Crippen molar-refractivity contribution in [3.63, 3.8) is 0 Å². The van der Waals surface area contributed by atoms with Gasteiger partial charge in [-0.25, -0.2) is 0 Å². The van der Waals surface area contributed by atoms with Crippen LogP contribution in [0.3, 0.4) is 0 Å². The number of halogens is 2. The third kappa shape index (κ3) is 3.59. The number of nitrogens with zero attached hydrogens (tertiary/aromatic N) is 2. The van der Waals surface area contributed by atoms with E-state index in [0.717, 1.165) is 11.3 Å². The van der Waals surface area contributed by atoms with Gasteiger partial charge in [0.05, 0.1) is 28.7 Å². The molecule has 0 amide bonds. The number of hydrogen-bond donors (Lipinski definition) is 1. The van der Waals surface area contributed by atoms with Gasteiger partial charge in [-0.1, -0.05) is 59.6 Å². The highest BCUT2D eigenvalue weighted by molar-refractivity contribution is 6.43. The van der Waals surface area contributed by atoms with Gasteiger partial charge < -0.3 is 9.73 Å². The molecule has 0 aliphatic heterocycles. The summed E-state index contributed by atoms with van der Waals surface area (Å²) >= 11 is 12.1. The molecule has 0 radical (unpaired) electrons. The van der Waals surface area contributed by atoms with Crippen molar-refractivity contribution in [1.29, 1.82) is 0 Å². The Hall–Kier alpha value is -2.04. The van der Waals surface area contributed by atoms with Crippen molar-refractivity contribution in [2.75, 3.05) is 5.32 Å². The molecule has 2 aromatic carbocycles. The van der Waals surface area contributed by atoms with Crippen LogP contribution in [-0.4, -0.2) is 10.2 Å². The zero-order chi connectivity index (χ0) is 15.4. The van der Waals surface area contributed by atoms with Crippen LogP contribution in [0, 0.1) is 0 Å². The SMILES string of the molecule is Clc1cccc(NCc2nnc(Cc3ccccc3)o2)c1Cl. The molecule has 0 atom stereocenters. The summed E-state index contributed by atoms with van der Waals surface area (Å²) in [4.78, 5) is 0. The maximum Gasteiger partial charge on any atom is 0.235 e. The number of benzene rings is 2. The van der Waals surface area contributed by atoms with Crippen LogP contribution < -0.4 is 5.32 Å². The molecule has 0 saturated heterocycles. The van der Waals surface area contributed by atoms with Gasteiger partial charge in [0.2, 0.25) is 11.8 Å². The number of aromatic nitrogens is 2. The first-order valence-corrected chi connectivity index (χ1v) is 7.51. The molecule has 112 valence electrons. The molecule has 3 rings (SSSR count). The molecule has 1 heterocycles. The van der Waals surface area contributed by atoms with Crippen molar-refractivity contribution in [2.24, 2.45) is 0 Å². The first kappa shape index (κ1) is 14.9. The largest absolute Gasteiger partial charge is 0.423 e. The van der Waals surface area contributed by atoms with E-state index in [2.05, 4.69) is 15.5 Å². The predicted molar refractivity (Wildman–Crippen MR) is 87.3 cm³/mol. The lowest BCUT2D eigenvalue weighted by Gasteiger charge is -2.06. The number of anilines is 1. The molecular weight excluding hydrogens is 321 g/mol. The van der Waals surface area contributed by atoms with Crippen molar-refractivity contribution in [3.8, 4) is 0 Å². The van der Waals surface area contributed by atoms with Gasteiger partial charge in [-0.2, -0.15) is 0 Å². The Bertz CT molecular complexity index is 759.